The molecule has 0 aliphatic rings. The van der Waals surface area contributed by atoms with Crippen molar-refractivity contribution in [3.8, 4) is 34.3 Å². The topological polar surface area (TPSA) is 139 Å². The van der Waals surface area contributed by atoms with Crippen LogP contribution in [0.25, 0.3) is 33.5 Å². The molecule has 0 unspecified atom stereocenters. The molecule has 11 heteroatoms. The van der Waals surface area contributed by atoms with Gasteiger partial charge in [0.05, 0.1) is 23.2 Å². The Morgan fingerprint density at radius 3 is 2.49 bits per heavy atom. The molecule has 2 heterocycles. The number of aromatic nitrogens is 4. The zero-order valence-corrected chi connectivity index (χ0v) is 21.4. The van der Waals surface area contributed by atoms with Gasteiger partial charge < -0.3 is 19.2 Å². The SMILES string of the molecule is CCOc1nc2c(C)ccc(C(=O)Oc3ccc(-c4ccccc4-c4noc(=O)n4COC(C)=O)cc3)c2[nH]1. The van der Waals surface area contributed by atoms with E-state index in [1.165, 1.54) is 6.92 Å². The molecule has 0 bridgehead atoms. The number of aromatic amines is 1. The fraction of sp³-hybridized carbons (Fsp3) is 0.179. The first-order valence-electron chi connectivity index (χ1n) is 12.1. The van der Waals surface area contributed by atoms with Gasteiger partial charge in [-0.05, 0) is 48.7 Å². The maximum atomic E-state index is 13.1. The van der Waals surface area contributed by atoms with Gasteiger partial charge in [0.15, 0.2) is 12.6 Å². The molecular formula is C28H24N4O7. The maximum Gasteiger partial charge on any atom is 0.444 e. The fourth-order valence-electron chi connectivity index (χ4n) is 4.10. The molecule has 5 aromatic rings. The van der Waals surface area contributed by atoms with Gasteiger partial charge in [0, 0.05) is 12.5 Å². The smallest absolute Gasteiger partial charge is 0.444 e. The summed E-state index contributed by atoms with van der Waals surface area (Å²) >= 11 is 0. The largest absolute Gasteiger partial charge is 0.465 e. The summed E-state index contributed by atoms with van der Waals surface area (Å²) in [5.74, 6) is -1.29. The first kappa shape index (κ1) is 25.5. The van der Waals surface area contributed by atoms with Gasteiger partial charge in [-0.15, -0.1) is 0 Å². The minimum atomic E-state index is -0.751. The van der Waals surface area contributed by atoms with Crippen LogP contribution in [-0.2, 0) is 16.3 Å². The maximum absolute atomic E-state index is 13.1. The van der Waals surface area contributed by atoms with Gasteiger partial charge in [0.1, 0.15) is 5.75 Å². The van der Waals surface area contributed by atoms with Crippen LogP contribution < -0.4 is 15.2 Å². The van der Waals surface area contributed by atoms with Gasteiger partial charge >= 0.3 is 17.7 Å². The van der Waals surface area contributed by atoms with Crippen LogP contribution in [0, 0.1) is 6.92 Å². The van der Waals surface area contributed by atoms with Gasteiger partial charge in [-0.1, -0.05) is 47.6 Å². The van der Waals surface area contributed by atoms with Crippen molar-refractivity contribution < 1.29 is 28.3 Å². The first-order chi connectivity index (χ1) is 18.9. The number of fused-ring (bicyclic) bond motifs is 1. The van der Waals surface area contributed by atoms with Gasteiger partial charge in [0.25, 0.3) is 6.01 Å². The predicted molar refractivity (Wildman–Crippen MR) is 140 cm³/mol. The third kappa shape index (κ3) is 5.14. The van der Waals surface area contributed by atoms with Crippen LogP contribution in [0.15, 0.2) is 70.0 Å². The molecule has 39 heavy (non-hydrogen) atoms. The van der Waals surface area contributed by atoms with Crippen LogP contribution in [0.2, 0.25) is 0 Å². The Hall–Kier alpha value is -5.19. The second-order valence-corrected chi connectivity index (χ2v) is 8.55. The van der Waals surface area contributed by atoms with E-state index in [1.807, 2.05) is 26.0 Å². The molecule has 0 amide bonds. The zero-order valence-electron chi connectivity index (χ0n) is 21.4. The highest BCUT2D eigenvalue weighted by atomic mass is 16.6. The van der Waals surface area contributed by atoms with E-state index in [0.717, 1.165) is 21.3 Å². The number of H-pyrrole nitrogens is 1. The minimum absolute atomic E-state index is 0.210. The molecule has 0 radical (unpaired) electrons. The third-order valence-corrected chi connectivity index (χ3v) is 5.95. The molecule has 0 saturated carbocycles. The fourth-order valence-corrected chi connectivity index (χ4v) is 4.10. The molecule has 0 spiro atoms. The van der Waals surface area contributed by atoms with E-state index in [4.69, 9.17) is 18.7 Å². The summed E-state index contributed by atoms with van der Waals surface area (Å²) in [7, 11) is 0. The van der Waals surface area contributed by atoms with Crippen molar-refractivity contribution in [2.75, 3.05) is 6.61 Å². The number of imidazole rings is 1. The Labute approximate surface area is 221 Å². The van der Waals surface area contributed by atoms with Crippen LogP contribution in [0.5, 0.6) is 11.8 Å². The zero-order chi connectivity index (χ0) is 27.5. The van der Waals surface area contributed by atoms with Crippen molar-refractivity contribution in [3.05, 3.63) is 82.3 Å². The molecule has 5 rings (SSSR count). The standard InChI is InChI=1S/C28H24N4O7/c1-4-36-27-29-23-16(2)9-14-22(24(23)30-27)26(34)38-19-12-10-18(11-13-19)20-7-5-6-8-21(20)25-31-39-28(35)32(25)15-37-17(3)33/h5-14H,4,15H2,1-3H3,(H,29,30). The summed E-state index contributed by atoms with van der Waals surface area (Å²) < 4.78 is 22.0. The molecule has 11 nitrogen and oxygen atoms in total. The molecule has 0 saturated heterocycles. The van der Waals surface area contributed by atoms with Crippen molar-refractivity contribution in [2.45, 2.75) is 27.5 Å². The minimum Gasteiger partial charge on any atom is -0.465 e. The van der Waals surface area contributed by atoms with Crippen molar-refractivity contribution in [3.63, 3.8) is 0 Å². The number of aryl methyl sites for hydroxylation is 1. The number of nitrogens with zero attached hydrogens (tertiary/aromatic N) is 3. The number of nitrogens with one attached hydrogen (secondary N) is 1. The molecule has 0 aliphatic heterocycles. The van der Waals surface area contributed by atoms with E-state index >= 15 is 0 Å². The van der Waals surface area contributed by atoms with Gasteiger partial charge in [-0.25, -0.2) is 14.2 Å². The quantitative estimate of drug-likeness (QED) is 0.228. The predicted octanol–water partition coefficient (Wildman–Crippen LogP) is 4.49. The number of rotatable bonds is 8. The monoisotopic (exact) mass is 528 g/mol. The van der Waals surface area contributed by atoms with Gasteiger partial charge in [0.2, 0.25) is 0 Å². The van der Waals surface area contributed by atoms with E-state index in [1.54, 1.807) is 48.5 Å². The summed E-state index contributed by atoms with van der Waals surface area (Å²) in [6, 6.07) is 18.0. The summed E-state index contributed by atoms with van der Waals surface area (Å²) in [5.41, 5.74) is 4.51. The summed E-state index contributed by atoms with van der Waals surface area (Å²) in [4.78, 5) is 43.9. The number of ether oxygens (including phenoxy) is 3. The number of hydrogen-bond donors (Lipinski definition) is 1. The Balaban J connectivity index is 1.41. The first-order valence-corrected chi connectivity index (χ1v) is 12.1. The molecule has 198 valence electrons. The highest BCUT2D eigenvalue weighted by molar-refractivity contribution is 6.03. The van der Waals surface area contributed by atoms with Crippen molar-refractivity contribution >= 4 is 23.0 Å². The molecule has 1 N–H and O–H groups in total. The average Bonchev–Trinajstić information content (AvgIpc) is 3.52. The van der Waals surface area contributed by atoms with Crippen LogP contribution in [-0.4, -0.2) is 38.2 Å². The number of carbonyl (C=O) groups excluding carboxylic acids is 2. The van der Waals surface area contributed by atoms with Crippen molar-refractivity contribution in [1.29, 1.82) is 0 Å². The highest BCUT2D eigenvalue weighted by Crippen LogP contribution is 2.32. The Morgan fingerprint density at radius 2 is 1.77 bits per heavy atom. The average molecular weight is 529 g/mol. The molecular weight excluding hydrogens is 504 g/mol. The third-order valence-electron chi connectivity index (χ3n) is 5.95. The Bertz CT molecular complexity index is 1730. The van der Waals surface area contributed by atoms with Crippen LogP contribution in [0.1, 0.15) is 29.8 Å². The van der Waals surface area contributed by atoms with Crippen LogP contribution >= 0.6 is 0 Å². The Kier molecular flexibility index (Phi) is 6.96. The lowest BCUT2D eigenvalue weighted by atomic mass is 9.99. The molecule has 3 aromatic carbocycles. The second-order valence-electron chi connectivity index (χ2n) is 8.55. The lowest BCUT2D eigenvalue weighted by molar-refractivity contribution is -0.144. The summed E-state index contributed by atoms with van der Waals surface area (Å²) in [6.07, 6.45) is 0. The lowest BCUT2D eigenvalue weighted by Crippen LogP contribution is -2.18. The van der Waals surface area contributed by atoms with Gasteiger partial charge in [-0.2, -0.15) is 4.98 Å². The molecule has 0 aliphatic carbocycles. The highest BCUT2D eigenvalue weighted by Gasteiger charge is 2.19. The number of hydrogen-bond acceptors (Lipinski definition) is 9. The van der Waals surface area contributed by atoms with Crippen molar-refractivity contribution in [1.82, 2.24) is 19.7 Å². The van der Waals surface area contributed by atoms with E-state index in [9.17, 15) is 14.4 Å². The van der Waals surface area contributed by atoms with Gasteiger partial charge in [-0.3, -0.25) is 9.32 Å². The van der Waals surface area contributed by atoms with E-state index in [2.05, 4.69) is 15.1 Å². The summed E-state index contributed by atoms with van der Waals surface area (Å²) in [6.45, 7) is 5.11. The van der Waals surface area contributed by atoms with Crippen LogP contribution in [0.3, 0.4) is 0 Å². The number of benzene rings is 3. The number of esters is 2. The normalized spacial score (nSPS) is 10.9. The Morgan fingerprint density at radius 1 is 1.03 bits per heavy atom. The molecule has 0 atom stereocenters. The van der Waals surface area contributed by atoms with Crippen molar-refractivity contribution in [2.24, 2.45) is 0 Å². The van der Waals surface area contributed by atoms with E-state index in [-0.39, 0.29) is 12.6 Å². The van der Waals surface area contributed by atoms with E-state index < -0.39 is 17.7 Å². The molecule has 0 fully saturated rings. The van der Waals surface area contributed by atoms with Crippen LogP contribution in [0.4, 0.5) is 0 Å². The lowest BCUT2D eigenvalue weighted by Gasteiger charge is -2.11. The van der Waals surface area contributed by atoms with E-state index in [0.29, 0.717) is 40.5 Å². The molecule has 2 aromatic heterocycles. The number of carbonyl (C=O) groups is 2. The summed E-state index contributed by atoms with van der Waals surface area (Å²) in [5, 5.41) is 3.88. The second kappa shape index (κ2) is 10.7.